The maximum Gasteiger partial charge on any atom is 0.334 e. The second-order valence-electron chi connectivity index (χ2n) is 4.94. The number of ether oxygens (including phenoxy) is 1. The molecule has 0 aliphatic carbocycles. The zero-order valence-electron chi connectivity index (χ0n) is 13.6. The maximum absolute atomic E-state index is 12.2. The third kappa shape index (κ3) is 5.61. The highest BCUT2D eigenvalue weighted by Crippen LogP contribution is 2.20. The van der Waals surface area contributed by atoms with Crippen molar-refractivity contribution in [2.75, 3.05) is 12.0 Å². The van der Waals surface area contributed by atoms with Crippen LogP contribution >= 0.6 is 11.6 Å². The fraction of sp³-hybridized carbons (Fsp3) is 0.167. The Hall–Kier alpha value is -2.86. The van der Waals surface area contributed by atoms with Gasteiger partial charge >= 0.3 is 5.97 Å². The Morgan fingerprint density at radius 2 is 1.84 bits per heavy atom. The lowest BCUT2D eigenvalue weighted by atomic mass is 10.2. The lowest BCUT2D eigenvalue weighted by Crippen LogP contribution is -2.43. The van der Waals surface area contributed by atoms with Gasteiger partial charge in [-0.25, -0.2) is 4.79 Å². The van der Waals surface area contributed by atoms with Crippen molar-refractivity contribution < 1.29 is 14.3 Å². The van der Waals surface area contributed by atoms with E-state index in [0.29, 0.717) is 16.3 Å². The predicted molar refractivity (Wildman–Crippen MR) is 97.9 cm³/mol. The second-order valence-corrected chi connectivity index (χ2v) is 5.35. The normalized spacial score (nSPS) is 11.8. The van der Waals surface area contributed by atoms with Gasteiger partial charge in [0.15, 0.2) is 6.04 Å². The minimum atomic E-state index is -1.03. The predicted octanol–water partition coefficient (Wildman–Crippen LogP) is 3.10. The Bertz CT molecular complexity index is 750. The SMILES string of the molecule is CCOC(=O)C(/C=N/Nc1ccccc1Cl)NC(=O)c1ccccc1. The highest BCUT2D eigenvalue weighted by Gasteiger charge is 2.20. The molecule has 0 heterocycles. The lowest BCUT2D eigenvalue weighted by molar-refractivity contribution is -0.143. The van der Waals surface area contributed by atoms with Crippen LogP contribution in [0.3, 0.4) is 0 Å². The molecular formula is C18H18ClN3O3. The Morgan fingerprint density at radius 3 is 2.52 bits per heavy atom. The van der Waals surface area contributed by atoms with Crippen LogP contribution in [0, 0.1) is 0 Å². The van der Waals surface area contributed by atoms with Gasteiger partial charge in [-0.05, 0) is 31.2 Å². The second kappa shape index (κ2) is 9.44. The third-order valence-corrected chi connectivity index (χ3v) is 3.48. The molecule has 2 rings (SSSR count). The number of halogens is 1. The molecule has 0 radical (unpaired) electrons. The molecule has 0 aliphatic heterocycles. The molecule has 0 fully saturated rings. The van der Waals surface area contributed by atoms with Crippen LogP contribution in [0.2, 0.25) is 5.02 Å². The third-order valence-electron chi connectivity index (χ3n) is 3.15. The van der Waals surface area contributed by atoms with Gasteiger partial charge in [-0.1, -0.05) is 41.9 Å². The number of amides is 1. The first kappa shape index (κ1) is 18.5. The van der Waals surface area contributed by atoms with E-state index >= 15 is 0 Å². The van der Waals surface area contributed by atoms with Crippen LogP contribution in [-0.2, 0) is 9.53 Å². The van der Waals surface area contributed by atoms with E-state index < -0.39 is 17.9 Å². The number of benzene rings is 2. The number of nitrogens with zero attached hydrogens (tertiary/aromatic N) is 1. The minimum absolute atomic E-state index is 0.197. The summed E-state index contributed by atoms with van der Waals surface area (Å²) in [6.07, 6.45) is 1.27. The summed E-state index contributed by atoms with van der Waals surface area (Å²) in [6.45, 7) is 1.88. The molecule has 1 amide bonds. The van der Waals surface area contributed by atoms with E-state index in [1.807, 2.05) is 0 Å². The van der Waals surface area contributed by atoms with Gasteiger partial charge in [-0.15, -0.1) is 0 Å². The van der Waals surface area contributed by atoms with Gasteiger partial charge in [-0.2, -0.15) is 5.10 Å². The first-order valence-electron chi connectivity index (χ1n) is 7.68. The number of hydrogen-bond donors (Lipinski definition) is 2. The zero-order chi connectivity index (χ0) is 18.1. The first-order valence-corrected chi connectivity index (χ1v) is 8.06. The molecule has 0 bridgehead atoms. The molecule has 0 aliphatic rings. The molecule has 1 atom stereocenters. The van der Waals surface area contributed by atoms with Crippen LogP contribution in [0.4, 0.5) is 5.69 Å². The molecular weight excluding hydrogens is 342 g/mol. The van der Waals surface area contributed by atoms with E-state index in [-0.39, 0.29) is 6.61 Å². The highest BCUT2D eigenvalue weighted by molar-refractivity contribution is 6.33. The Morgan fingerprint density at radius 1 is 1.16 bits per heavy atom. The van der Waals surface area contributed by atoms with Crippen LogP contribution < -0.4 is 10.7 Å². The van der Waals surface area contributed by atoms with Crippen molar-refractivity contribution in [1.29, 1.82) is 0 Å². The number of esters is 1. The number of carbonyl (C=O) groups is 2. The van der Waals surface area contributed by atoms with Crippen molar-refractivity contribution >= 4 is 35.4 Å². The molecule has 0 saturated heterocycles. The largest absolute Gasteiger partial charge is 0.464 e. The van der Waals surface area contributed by atoms with Gasteiger partial charge in [0.05, 0.1) is 23.5 Å². The smallest absolute Gasteiger partial charge is 0.334 e. The number of nitrogens with one attached hydrogen (secondary N) is 2. The number of hydrazone groups is 1. The van der Waals surface area contributed by atoms with Crippen LogP contribution in [0.25, 0.3) is 0 Å². The molecule has 0 aromatic heterocycles. The highest BCUT2D eigenvalue weighted by atomic mass is 35.5. The lowest BCUT2D eigenvalue weighted by Gasteiger charge is -2.13. The van der Waals surface area contributed by atoms with Crippen molar-refractivity contribution in [3.8, 4) is 0 Å². The zero-order valence-corrected chi connectivity index (χ0v) is 14.4. The van der Waals surface area contributed by atoms with E-state index in [2.05, 4.69) is 15.8 Å². The number of hydrogen-bond acceptors (Lipinski definition) is 5. The van der Waals surface area contributed by atoms with Gasteiger partial charge in [0, 0.05) is 5.56 Å². The molecule has 0 spiro atoms. The van der Waals surface area contributed by atoms with E-state index in [1.165, 1.54) is 6.21 Å². The maximum atomic E-state index is 12.2. The molecule has 1 unspecified atom stereocenters. The summed E-state index contributed by atoms with van der Waals surface area (Å²) in [5, 5.41) is 7.05. The monoisotopic (exact) mass is 359 g/mol. The molecule has 2 aromatic carbocycles. The first-order chi connectivity index (χ1) is 12.1. The van der Waals surface area contributed by atoms with Crippen molar-refractivity contribution in [3.63, 3.8) is 0 Å². The van der Waals surface area contributed by atoms with Crippen LogP contribution in [-0.4, -0.2) is 30.7 Å². The van der Waals surface area contributed by atoms with Gasteiger partial charge in [-0.3, -0.25) is 10.2 Å². The van der Waals surface area contributed by atoms with Gasteiger partial charge < -0.3 is 10.1 Å². The van der Waals surface area contributed by atoms with E-state index in [4.69, 9.17) is 16.3 Å². The average Bonchev–Trinajstić information content (AvgIpc) is 2.63. The number of para-hydroxylation sites is 1. The summed E-state index contributed by atoms with van der Waals surface area (Å²) in [5.41, 5.74) is 3.75. The topological polar surface area (TPSA) is 79.8 Å². The van der Waals surface area contributed by atoms with Crippen molar-refractivity contribution in [2.45, 2.75) is 13.0 Å². The summed E-state index contributed by atoms with van der Waals surface area (Å²) in [6, 6.07) is 14.6. The van der Waals surface area contributed by atoms with Crippen LogP contribution in [0.5, 0.6) is 0 Å². The summed E-state index contributed by atoms with van der Waals surface area (Å²) in [7, 11) is 0. The van der Waals surface area contributed by atoms with Crippen molar-refractivity contribution in [3.05, 3.63) is 65.2 Å². The minimum Gasteiger partial charge on any atom is -0.464 e. The number of anilines is 1. The molecule has 7 heteroatoms. The molecule has 6 nitrogen and oxygen atoms in total. The fourth-order valence-corrected chi connectivity index (χ4v) is 2.11. The van der Waals surface area contributed by atoms with Gasteiger partial charge in [0.2, 0.25) is 0 Å². The van der Waals surface area contributed by atoms with Gasteiger partial charge in [0.1, 0.15) is 0 Å². The molecule has 2 N–H and O–H groups in total. The Labute approximate surface area is 150 Å². The number of carbonyl (C=O) groups excluding carboxylic acids is 2. The number of rotatable bonds is 7. The quantitative estimate of drug-likeness (QED) is 0.452. The molecule has 0 saturated carbocycles. The summed E-state index contributed by atoms with van der Waals surface area (Å²) >= 11 is 6.02. The molecule has 130 valence electrons. The summed E-state index contributed by atoms with van der Waals surface area (Å²) in [4.78, 5) is 24.3. The average molecular weight is 360 g/mol. The van der Waals surface area contributed by atoms with Crippen molar-refractivity contribution in [2.24, 2.45) is 5.10 Å². The van der Waals surface area contributed by atoms with Crippen molar-refractivity contribution in [1.82, 2.24) is 5.32 Å². The summed E-state index contributed by atoms with van der Waals surface area (Å²) in [5.74, 6) is -1.00. The molecule has 25 heavy (non-hydrogen) atoms. The van der Waals surface area contributed by atoms with E-state index in [1.54, 1.807) is 61.5 Å². The fourth-order valence-electron chi connectivity index (χ4n) is 1.94. The molecule has 2 aromatic rings. The Balaban J connectivity index is 2.07. The standard InChI is InChI=1S/C18H18ClN3O3/c1-2-25-18(24)16(21-17(23)13-8-4-3-5-9-13)12-20-22-15-11-7-6-10-14(15)19/h3-12,16,22H,2H2,1H3,(H,21,23)/b20-12+. The van der Waals surface area contributed by atoms with E-state index in [0.717, 1.165) is 0 Å². The van der Waals surface area contributed by atoms with Crippen LogP contribution in [0.15, 0.2) is 59.7 Å². The van der Waals surface area contributed by atoms with Gasteiger partial charge in [0.25, 0.3) is 5.91 Å². The summed E-state index contributed by atoms with van der Waals surface area (Å²) < 4.78 is 4.97. The van der Waals surface area contributed by atoms with E-state index in [9.17, 15) is 9.59 Å². The van der Waals surface area contributed by atoms with Crippen LogP contribution in [0.1, 0.15) is 17.3 Å². The Kier molecular flexibility index (Phi) is 6.98.